The normalized spacial score (nSPS) is 11.0. The molecule has 1 aromatic carbocycles. The van der Waals surface area contributed by atoms with Gasteiger partial charge in [0.1, 0.15) is 5.52 Å². The Morgan fingerprint density at radius 1 is 1.16 bits per heavy atom. The second-order valence-corrected chi connectivity index (χ2v) is 4.91. The Morgan fingerprint density at radius 2 is 1.95 bits per heavy atom. The first-order chi connectivity index (χ1) is 9.31. The molecule has 0 fully saturated rings. The minimum absolute atomic E-state index is 0.571. The van der Waals surface area contributed by atoms with E-state index in [0.717, 1.165) is 24.1 Å². The fraction of sp³-hybridized carbons (Fsp3) is 0.533. The number of nitrogen functional groups attached to an aromatic ring is 1. The molecule has 0 aliphatic heterocycles. The molecule has 0 radical (unpaired) electrons. The molecule has 1 heterocycles. The van der Waals surface area contributed by atoms with Crippen LogP contribution < -0.4 is 11.1 Å². The standard InChI is InChI=1S/C15H23N3O/c1-2-3-4-5-6-7-11-17-15-18-14-12(16)9-8-10-13(14)19-15/h8-10H,2-7,11,16H2,1H3,(H,17,18). The average Bonchev–Trinajstić information content (AvgIpc) is 2.82. The summed E-state index contributed by atoms with van der Waals surface area (Å²) in [6.45, 7) is 3.14. The Bertz CT molecular complexity index is 507. The van der Waals surface area contributed by atoms with Crippen molar-refractivity contribution in [3.05, 3.63) is 18.2 Å². The quantitative estimate of drug-likeness (QED) is 0.552. The van der Waals surface area contributed by atoms with Crippen LogP contribution in [0.4, 0.5) is 11.7 Å². The molecule has 0 saturated carbocycles. The Balaban J connectivity index is 1.74. The van der Waals surface area contributed by atoms with E-state index >= 15 is 0 Å². The predicted octanol–water partition coefficient (Wildman–Crippen LogP) is 4.18. The van der Waals surface area contributed by atoms with Crippen LogP contribution in [0.2, 0.25) is 0 Å². The zero-order valence-corrected chi connectivity index (χ0v) is 11.6. The van der Waals surface area contributed by atoms with Crippen LogP contribution in [0.5, 0.6) is 0 Å². The number of nitrogens with two attached hydrogens (primary N) is 1. The molecule has 0 aliphatic carbocycles. The molecule has 0 amide bonds. The Kier molecular flexibility index (Phi) is 5.07. The van der Waals surface area contributed by atoms with Crippen LogP contribution in [-0.2, 0) is 0 Å². The molecule has 4 heteroatoms. The molecule has 104 valence electrons. The third-order valence-electron chi connectivity index (χ3n) is 3.26. The van der Waals surface area contributed by atoms with Crippen molar-refractivity contribution < 1.29 is 4.42 Å². The van der Waals surface area contributed by atoms with Crippen LogP contribution >= 0.6 is 0 Å². The van der Waals surface area contributed by atoms with Crippen LogP contribution in [0.3, 0.4) is 0 Å². The highest BCUT2D eigenvalue weighted by Crippen LogP contribution is 2.23. The van der Waals surface area contributed by atoms with Gasteiger partial charge in [-0.2, -0.15) is 4.98 Å². The van der Waals surface area contributed by atoms with Gasteiger partial charge in [0, 0.05) is 6.54 Å². The second-order valence-electron chi connectivity index (χ2n) is 4.91. The van der Waals surface area contributed by atoms with E-state index in [2.05, 4.69) is 17.2 Å². The number of fused-ring (bicyclic) bond motifs is 1. The van der Waals surface area contributed by atoms with Gasteiger partial charge >= 0.3 is 0 Å². The van der Waals surface area contributed by atoms with Crippen molar-refractivity contribution in [2.75, 3.05) is 17.6 Å². The van der Waals surface area contributed by atoms with Crippen molar-refractivity contribution >= 4 is 22.8 Å². The van der Waals surface area contributed by atoms with E-state index in [4.69, 9.17) is 10.2 Å². The fourth-order valence-corrected chi connectivity index (χ4v) is 2.15. The molecule has 0 saturated heterocycles. The summed E-state index contributed by atoms with van der Waals surface area (Å²) in [4.78, 5) is 4.36. The van der Waals surface area contributed by atoms with Crippen molar-refractivity contribution in [2.24, 2.45) is 0 Å². The summed E-state index contributed by atoms with van der Waals surface area (Å²) in [5.41, 5.74) is 7.99. The summed E-state index contributed by atoms with van der Waals surface area (Å²) in [5.74, 6) is 0. The number of anilines is 2. The minimum atomic E-state index is 0.571. The topological polar surface area (TPSA) is 64.1 Å². The van der Waals surface area contributed by atoms with E-state index in [0.29, 0.717) is 11.7 Å². The molecule has 0 bridgehead atoms. The number of aromatic nitrogens is 1. The maximum atomic E-state index is 5.84. The van der Waals surface area contributed by atoms with Gasteiger partial charge < -0.3 is 15.5 Å². The number of para-hydroxylation sites is 1. The summed E-state index contributed by atoms with van der Waals surface area (Å²) in [6, 6.07) is 6.17. The molecule has 4 nitrogen and oxygen atoms in total. The molecule has 2 rings (SSSR count). The lowest BCUT2D eigenvalue weighted by molar-refractivity contribution is 0.594. The monoisotopic (exact) mass is 261 g/mol. The van der Waals surface area contributed by atoms with E-state index < -0.39 is 0 Å². The third kappa shape index (κ3) is 3.88. The number of rotatable bonds is 8. The summed E-state index contributed by atoms with van der Waals surface area (Å²) < 4.78 is 5.59. The van der Waals surface area contributed by atoms with Gasteiger partial charge in [0.25, 0.3) is 6.01 Å². The van der Waals surface area contributed by atoms with Crippen molar-refractivity contribution in [3.63, 3.8) is 0 Å². The molecule has 19 heavy (non-hydrogen) atoms. The fourth-order valence-electron chi connectivity index (χ4n) is 2.15. The first-order valence-corrected chi connectivity index (χ1v) is 7.20. The smallest absolute Gasteiger partial charge is 0.295 e. The Morgan fingerprint density at radius 3 is 2.74 bits per heavy atom. The maximum absolute atomic E-state index is 5.84. The SMILES string of the molecule is CCCCCCCCNc1nc2c(N)cccc2o1. The zero-order chi connectivity index (χ0) is 13.5. The Labute approximate surface area is 114 Å². The molecule has 0 spiro atoms. The maximum Gasteiger partial charge on any atom is 0.295 e. The van der Waals surface area contributed by atoms with Crippen molar-refractivity contribution in [1.82, 2.24) is 4.98 Å². The molecule has 2 aromatic rings. The minimum Gasteiger partial charge on any atom is -0.423 e. The molecular formula is C15H23N3O. The lowest BCUT2D eigenvalue weighted by Gasteiger charge is -2.01. The van der Waals surface area contributed by atoms with Gasteiger partial charge in [-0.3, -0.25) is 0 Å². The highest BCUT2D eigenvalue weighted by atomic mass is 16.4. The number of oxazole rings is 1. The van der Waals surface area contributed by atoms with Gasteiger partial charge in [0.05, 0.1) is 5.69 Å². The van der Waals surface area contributed by atoms with Gasteiger partial charge in [-0.25, -0.2) is 0 Å². The third-order valence-corrected chi connectivity index (χ3v) is 3.26. The van der Waals surface area contributed by atoms with Gasteiger partial charge in [0.2, 0.25) is 0 Å². The van der Waals surface area contributed by atoms with E-state index in [-0.39, 0.29) is 0 Å². The number of nitrogens with zero attached hydrogens (tertiary/aromatic N) is 1. The van der Waals surface area contributed by atoms with Crippen LogP contribution in [-0.4, -0.2) is 11.5 Å². The second kappa shape index (κ2) is 7.02. The number of nitrogens with one attached hydrogen (secondary N) is 1. The number of benzene rings is 1. The van der Waals surface area contributed by atoms with E-state index in [1.807, 2.05) is 18.2 Å². The number of hydrogen-bond donors (Lipinski definition) is 2. The molecular weight excluding hydrogens is 238 g/mol. The summed E-state index contributed by atoms with van der Waals surface area (Å²) >= 11 is 0. The average molecular weight is 261 g/mol. The first kappa shape index (κ1) is 13.7. The largest absolute Gasteiger partial charge is 0.423 e. The lowest BCUT2D eigenvalue weighted by Crippen LogP contribution is -2.01. The molecule has 0 unspecified atom stereocenters. The van der Waals surface area contributed by atoms with Crippen molar-refractivity contribution in [3.8, 4) is 0 Å². The van der Waals surface area contributed by atoms with Crippen molar-refractivity contribution in [1.29, 1.82) is 0 Å². The first-order valence-electron chi connectivity index (χ1n) is 7.20. The van der Waals surface area contributed by atoms with Crippen LogP contribution in [0.1, 0.15) is 45.4 Å². The van der Waals surface area contributed by atoms with Crippen molar-refractivity contribution in [2.45, 2.75) is 45.4 Å². The van der Waals surface area contributed by atoms with Gasteiger partial charge in [0.15, 0.2) is 5.58 Å². The van der Waals surface area contributed by atoms with E-state index in [1.165, 1.54) is 32.1 Å². The zero-order valence-electron chi connectivity index (χ0n) is 11.6. The van der Waals surface area contributed by atoms with Crippen LogP contribution in [0.25, 0.3) is 11.1 Å². The summed E-state index contributed by atoms with van der Waals surface area (Å²) in [5, 5.41) is 3.22. The Hall–Kier alpha value is -1.71. The van der Waals surface area contributed by atoms with E-state index in [9.17, 15) is 0 Å². The number of hydrogen-bond acceptors (Lipinski definition) is 4. The van der Waals surface area contributed by atoms with Crippen LogP contribution in [0.15, 0.2) is 22.6 Å². The van der Waals surface area contributed by atoms with E-state index in [1.54, 1.807) is 0 Å². The highest BCUT2D eigenvalue weighted by Gasteiger charge is 2.06. The van der Waals surface area contributed by atoms with Crippen LogP contribution in [0, 0.1) is 0 Å². The molecule has 0 aliphatic rings. The molecule has 1 aromatic heterocycles. The summed E-state index contributed by atoms with van der Waals surface area (Å²) in [6.07, 6.45) is 7.71. The summed E-state index contributed by atoms with van der Waals surface area (Å²) in [7, 11) is 0. The van der Waals surface area contributed by atoms with Gasteiger partial charge in [-0.15, -0.1) is 0 Å². The molecule has 3 N–H and O–H groups in total. The highest BCUT2D eigenvalue weighted by molar-refractivity contribution is 5.86. The van der Waals surface area contributed by atoms with Gasteiger partial charge in [-0.05, 0) is 18.6 Å². The van der Waals surface area contributed by atoms with Gasteiger partial charge in [-0.1, -0.05) is 45.1 Å². The lowest BCUT2D eigenvalue weighted by atomic mass is 10.1. The predicted molar refractivity (Wildman–Crippen MR) is 80.3 cm³/mol. The molecule has 0 atom stereocenters. The number of unbranched alkanes of at least 4 members (excludes halogenated alkanes) is 5.